The maximum atomic E-state index is 5.59. The van der Waals surface area contributed by atoms with E-state index in [0.717, 1.165) is 24.4 Å². The SMILES string of the molecule is Cc1cccc(CCCCCCl)n1. The van der Waals surface area contributed by atoms with E-state index < -0.39 is 0 Å². The third-order valence-electron chi connectivity index (χ3n) is 2.01. The summed E-state index contributed by atoms with van der Waals surface area (Å²) in [5.74, 6) is 0.779. The number of rotatable bonds is 5. The molecule has 2 heteroatoms. The van der Waals surface area contributed by atoms with Gasteiger partial charge in [-0.15, -0.1) is 11.6 Å². The lowest BCUT2D eigenvalue weighted by atomic mass is 10.1. The molecule has 0 saturated heterocycles. The molecule has 0 unspecified atom stereocenters. The molecular formula is C11H16ClN. The zero-order valence-electron chi connectivity index (χ0n) is 8.09. The fourth-order valence-corrected chi connectivity index (χ4v) is 1.51. The summed E-state index contributed by atoms with van der Waals surface area (Å²) in [5.41, 5.74) is 2.31. The summed E-state index contributed by atoms with van der Waals surface area (Å²) >= 11 is 5.59. The Morgan fingerprint density at radius 2 is 2.08 bits per heavy atom. The third kappa shape index (κ3) is 4.28. The maximum Gasteiger partial charge on any atom is 0.0406 e. The Labute approximate surface area is 85.1 Å². The first kappa shape index (κ1) is 10.5. The highest BCUT2D eigenvalue weighted by Gasteiger charge is 1.94. The zero-order valence-corrected chi connectivity index (χ0v) is 8.85. The molecule has 1 aromatic rings. The van der Waals surface area contributed by atoms with Crippen molar-refractivity contribution in [2.75, 3.05) is 5.88 Å². The molecule has 0 radical (unpaired) electrons. The normalized spacial score (nSPS) is 10.3. The van der Waals surface area contributed by atoms with Crippen LogP contribution in [0.4, 0.5) is 0 Å². The van der Waals surface area contributed by atoms with E-state index in [1.807, 2.05) is 13.0 Å². The molecule has 0 fully saturated rings. The van der Waals surface area contributed by atoms with Crippen LogP contribution in [0.25, 0.3) is 0 Å². The zero-order chi connectivity index (χ0) is 9.52. The minimum absolute atomic E-state index is 0.779. The summed E-state index contributed by atoms with van der Waals surface area (Å²) in [6, 6.07) is 6.19. The molecule has 72 valence electrons. The van der Waals surface area contributed by atoms with Crippen LogP contribution in [0.5, 0.6) is 0 Å². The second-order valence-electron chi connectivity index (χ2n) is 3.27. The molecule has 0 aliphatic rings. The number of unbranched alkanes of at least 4 members (excludes halogenated alkanes) is 2. The van der Waals surface area contributed by atoms with Crippen LogP contribution >= 0.6 is 11.6 Å². The summed E-state index contributed by atoms with van der Waals surface area (Å²) in [7, 11) is 0. The molecule has 0 aliphatic carbocycles. The Kier molecular flexibility index (Phi) is 4.84. The van der Waals surface area contributed by atoms with Crippen molar-refractivity contribution in [3.8, 4) is 0 Å². The van der Waals surface area contributed by atoms with Gasteiger partial charge in [0.05, 0.1) is 0 Å². The molecule has 0 amide bonds. The highest BCUT2D eigenvalue weighted by atomic mass is 35.5. The molecule has 1 aromatic heterocycles. The number of nitrogens with zero attached hydrogens (tertiary/aromatic N) is 1. The Morgan fingerprint density at radius 1 is 1.23 bits per heavy atom. The molecule has 0 aromatic carbocycles. The maximum absolute atomic E-state index is 5.59. The molecule has 0 N–H and O–H groups in total. The van der Waals surface area contributed by atoms with Crippen molar-refractivity contribution >= 4 is 11.6 Å². The summed E-state index contributed by atoms with van der Waals surface area (Å²) in [6.45, 7) is 2.03. The second-order valence-corrected chi connectivity index (χ2v) is 3.65. The van der Waals surface area contributed by atoms with E-state index >= 15 is 0 Å². The van der Waals surface area contributed by atoms with Crippen LogP contribution in [0.3, 0.4) is 0 Å². The van der Waals surface area contributed by atoms with Crippen LogP contribution < -0.4 is 0 Å². The predicted molar refractivity (Wildman–Crippen MR) is 57.2 cm³/mol. The van der Waals surface area contributed by atoms with E-state index in [1.165, 1.54) is 18.5 Å². The predicted octanol–water partition coefficient (Wildman–Crippen LogP) is 3.34. The Hall–Kier alpha value is -0.560. The summed E-state index contributed by atoms with van der Waals surface area (Å²) in [6.07, 6.45) is 4.61. The van der Waals surface area contributed by atoms with Crippen LogP contribution in [0.1, 0.15) is 30.7 Å². The highest BCUT2D eigenvalue weighted by Crippen LogP contribution is 2.05. The first-order chi connectivity index (χ1) is 6.33. The first-order valence-electron chi connectivity index (χ1n) is 4.81. The average molecular weight is 198 g/mol. The molecule has 0 spiro atoms. The van der Waals surface area contributed by atoms with E-state index in [4.69, 9.17) is 11.6 Å². The monoisotopic (exact) mass is 197 g/mol. The lowest BCUT2D eigenvalue weighted by Crippen LogP contribution is -1.92. The van der Waals surface area contributed by atoms with Gasteiger partial charge in [-0.25, -0.2) is 0 Å². The minimum Gasteiger partial charge on any atom is -0.258 e. The van der Waals surface area contributed by atoms with Crippen LogP contribution in [-0.2, 0) is 6.42 Å². The van der Waals surface area contributed by atoms with Gasteiger partial charge < -0.3 is 0 Å². The minimum atomic E-state index is 0.779. The van der Waals surface area contributed by atoms with Crippen LogP contribution in [0.15, 0.2) is 18.2 Å². The molecule has 1 heterocycles. The third-order valence-corrected chi connectivity index (χ3v) is 2.28. The number of alkyl halides is 1. The van der Waals surface area contributed by atoms with Crippen molar-refractivity contribution in [3.05, 3.63) is 29.6 Å². The number of hydrogen-bond acceptors (Lipinski definition) is 1. The fourth-order valence-electron chi connectivity index (χ4n) is 1.32. The van der Waals surface area contributed by atoms with Gasteiger partial charge in [-0.3, -0.25) is 4.98 Å². The molecule has 0 aliphatic heterocycles. The number of halogens is 1. The van der Waals surface area contributed by atoms with Crippen LogP contribution in [0, 0.1) is 6.92 Å². The first-order valence-corrected chi connectivity index (χ1v) is 5.35. The van der Waals surface area contributed by atoms with Gasteiger partial charge in [-0.05, 0) is 38.3 Å². The Morgan fingerprint density at radius 3 is 2.77 bits per heavy atom. The molecule has 0 saturated carbocycles. The van der Waals surface area contributed by atoms with Gasteiger partial charge in [0.1, 0.15) is 0 Å². The van der Waals surface area contributed by atoms with Gasteiger partial charge in [0.15, 0.2) is 0 Å². The lowest BCUT2D eigenvalue weighted by Gasteiger charge is -2.00. The summed E-state index contributed by atoms with van der Waals surface area (Å²) in [5, 5.41) is 0. The van der Waals surface area contributed by atoms with E-state index in [2.05, 4.69) is 17.1 Å². The molecule has 0 bridgehead atoms. The van der Waals surface area contributed by atoms with Crippen molar-refractivity contribution in [2.24, 2.45) is 0 Å². The topological polar surface area (TPSA) is 12.9 Å². The Balaban J connectivity index is 2.28. The smallest absolute Gasteiger partial charge is 0.0406 e. The average Bonchev–Trinajstić information content (AvgIpc) is 2.13. The summed E-state index contributed by atoms with van der Waals surface area (Å²) < 4.78 is 0. The van der Waals surface area contributed by atoms with E-state index in [0.29, 0.717) is 0 Å². The van der Waals surface area contributed by atoms with E-state index in [9.17, 15) is 0 Å². The quantitative estimate of drug-likeness (QED) is 0.521. The number of aromatic nitrogens is 1. The van der Waals surface area contributed by atoms with Crippen LogP contribution in [0.2, 0.25) is 0 Å². The lowest BCUT2D eigenvalue weighted by molar-refractivity contribution is 0.709. The van der Waals surface area contributed by atoms with Gasteiger partial charge in [0.2, 0.25) is 0 Å². The molecule has 13 heavy (non-hydrogen) atoms. The van der Waals surface area contributed by atoms with Crippen molar-refractivity contribution < 1.29 is 0 Å². The second kappa shape index (κ2) is 5.98. The van der Waals surface area contributed by atoms with Gasteiger partial charge in [0.25, 0.3) is 0 Å². The van der Waals surface area contributed by atoms with Gasteiger partial charge in [-0.1, -0.05) is 12.5 Å². The van der Waals surface area contributed by atoms with Crippen molar-refractivity contribution in [3.63, 3.8) is 0 Å². The number of pyridine rings is 1. The molecule has 1 rings (SSSR count). The number of hydrogen-bond donors (Lipinski definition) is 0. The largest absolute Gasteiger partial charge is 0.258 e. The van der Waals surface area contributed by atoms with E-state index in [1.54, 1.807) is 0 Å². The molecular weight excluding hydrogens is 182 g/mol. The van der Waals surface area contributed by atoms with Crippen molar-refractivity contribution in [1.82, 2.24) is 4.98 Å². The Bertz CT molecular complexity index is 248. The summed E-state index contributed by atoms with van der Waals surface area (Å²) in [4.78, 5) is 4.44. The van der Waals surface area contributed by atoms with Gasteiger partial charge >= 0.3 is 0 Å². The number of aryl methyl sites for hydroxylation is 2. The van der Waals surface area contributed by atoms with Crippen LogP contribution in [-0.4, -0.2) is 10.9 Å². The fraction of sp³-hybridized carbons (Fsp3) is 0.545. The van der Waals surface area contributed by atoms with Gasteiger partial charge in [-0.2, -0.15) is 0 Å². The molecule has 0 atom stereocenters. The van der Waals surface area contributed by atoms with Crippen molar-refractivity contribution in [1.29, 1.82) is 0 Å². The standard InChI is InChI=1S/C11H16ClN/c1-10-6-5-8-11(13-10)7-3-2-4-9-12/h5-6,8H,2-4,7,9H2,1H3. The van der Waals surface area contributed by atoms with E-state index in [-0.39, 0.29) is 0 Å². The van der Waals surface area contributed by atoms with Crippen molar-refractivity contribution in [2.45, 2.75) is 32.6 Å². The highest BCUT2D eigenvalue weighted by molar-refractivity contribution is 6.17. The van der Waals surface area contributed by atoms with Gasteiger partial charge in [0, 0.05) is 17.3 Å². The molecule has 1 nitrogen and oxygen atoms in total.